The third-order valence-corrected chi connectivity index (χ3v) is 4.57. The van der Waals surface area contributed by atoms with E-state index in [1.54, 1.807) is 0 Å². The first-order valence-corrected chi connectivity index (χ1v) is 8.61. The highest BCUT2D eigenvalue weighted by Gasteiger charge is 2.20. The molecule has 1 N–H and O–H groups in total. The number of hydrogen-bond donors (Lipinski definition) is 1. The minimum absolute atomic E-state index is 0.558. The van der Waals surface area contributed by atoms with E-state index in [1.165, 1.54) is 0 Å². The third kappa shape index (κ3) is 2.43. The quantitative estimate of drug-likeness (QED) is 0.397. The average Bonchev–Trinajstić information content (AvgIpc) is 3.00. The van der Waals surface area contributed by atoms with Crippen molar-refractivity contribution in [2.75, 3.05) is 0 Å². The Labute approximate surface area is 150 Å². The maximum Gasteiger partial charge on any atom is 0.119 e. The number of azo groups is 1. The first kappa shape index (κ1) is 14.8. The number of aromatic amines is 1. The lowest BCUT2D eigenvalue weighted by Crippen LogP contribution is -1.89. The topological polar surface area (TPSA) is 53.4 Å². The Morgan fingerprint density at radius 2 is 1.50 bits per heavy atom. The molecule has 0 fully saturated rings. The van der Waals surface area contributed by atoms with Crippen LogP contribution in [0.1, 0.15) is 5.56 Å². The van der Waals surface area contributed by atoms with Gasteiger partial charge in [0.25, 0.3) is 0 Å². The van der Waals surface area contributed by atoms with Crippen LogP contribution in [0.4, 0.5) is 5.69 Å². The van der Waals surface area contributed by atoms with Gasteiger partial charge in [0.15, 0.2) is 0 Å². The van der Waals surface area contributed by atoms with Crippen LogP contribution in [-0.2, 0) is 6.54 Å². The fourth-order valence-corrected chi connectivity index (χ4v) is 3.32. The van der Waals surface area contributed by atoms with E-state index in [1.807, 2.05) is 54.6 Å². The molecular weight excluding hydrogens is 320 g/mol. The van der Waals surface area contributed by atoms with E-state index in [2.05, 4.69) is 39.5 Å². The Morgan fingerprint density at radius 1 is 0.769 bits per heavy atom. The largest absolute Gasteiger partial charge is 0.350 e. The van der Waals surface area contributed by atoms with Crippen LogP contribution < -0.4 is 0 Å². The van der Waals surface area contributed by atoms with Crippen LogP contribution in [0.15, 0.2) is 89.1 Å². The van der Waals surface area contributed by atoms with E-state index < -0.39 is 0 Å². The van der Waals surface area contributed by atoms with Gasteiger partial charge < -0.3 is 4.98 Å². The van der Waals surface area contributed by atoms with Crippen LogP contribution in [0.5, 0.6) is 0 Å². The van der Waals surface area contributed by atoms with Crippen molar-refractivity contribution < 1.29 is 0 Å². The highest BCUT2D eigenvalue weighted by atomic mass is 15.1. The zero-order valence-corrected chi connectivity index (χ0v) is 14.1. The van der Waals surface area contributed by atoms with Gasteiger partial charge in [-0.25, -0.2) is 4.98 Å². The Balaban J connectivity index is 1.68. The van der Waals surface area contributed by atoms with Gasteiger partial charge in [0.2, 0.25) is 0 Å². The molecule has 0 aromatic heterocycles. The van der Waals surface area contributed by atoms with Crippen LogP contribution in [-0.4, -0.2) is 9.97 Å². The number of nitrogens with one attached hydrogen (secondary N) is 1. The summed E-state index contributed by atoms with van der Waals surface area (Å²) in [5, 5.41) is 11.2. The molecule has 2 aliphatic rings. The van der Waals surface area contributed by atoms with Crippen LogP contribution in [0.2, 0.25) is 0 Å². The Kier molecular flexibility index (Phi) is 3.46. The van der Waals surface area contributed by atoms with E-state index in [0.717, 1.165) is 44.4 Å². The molecule has 0 saturated carbocycles. The van der Waals surface area contributed by atoms with Crippen LogP contribution in [0.25, 0.3) is 33.2 Å². The zero-order chi connectivity index (χ0) is 17.3. The molecule has 1 aliphatic carbocycles. The smallest absolute Gasteiger partial charge is 0.119 e. The fraction of sp³-hybridized carbons (Fsp3) is 0.0455. The summed E-state index contributed by atoms with van der Waals surface area (Å²) in [7, 11) is 0. The van der Waals surface area contributed by atoms with Crippen molar-refractivity contribution in [1.29, 1.82) is 0 Å². The van der Waals surface area contributed by atoms with Gasteiger partial charge in [-0.15, -0.1) is 0 Å². The first-order valence-electron chi connectivity index (χ1n) is 8.61. The number of para-hydroxylation sites is 2. The van der Waals surface area contributed by atoms with Gasteiger partial charge >= 0.3 is 0 Å². The Morgan fingerprint density at radius 3 is 2.38 bits per heavy atom. The molecule has 4 heteroatoms. The van der Waals surface area contributed by atoms with Gasteiger partial charge in [0, 0.05) is 10.8 Å². The van der Waals surface area contributed by atoms with Gasteiger partial charge in [0.05, 0.1) is 29.0 Å². The average molecular weight is 336 g/mol. The van der Waals surface area contributed by atoms with E-state index in [-0.39, 0.29) is 0 Å². The molecule has 0 bridgehead atoms. The van der Waals surface area contributed by atoms with Crippen molar-refractivity contribution in [2.45, 2.75) is 6.54 Å². The first-order chi connectivity index (χ1) is 12.9. The lowest BCUT2D eigenvalue weighted by Gasteiger charge is -2.04. The lowest BCUT2D eigenvalue weighted by molar-refractivity contribution is 0.961. The molecule has 0 radical (unpaired) electrons. The van der Waals surface area contributed by atoms with Crippen molar-refractivity contribution in [3.8, 4) is 11.4 Å². The van der Waals surface area contributed by atoms with Crippen molar-refractivity contribution in [1.82, 2.24) is 9.97 Å². The molecule has 5 rings (SSSR count). The molecule has 0 spiro atoms. The second-order valence-corrected chi connectivity index (χ2v) is 6.26. The molecule has 0 atom stereocenters. The van der Waals surface area contributed by atoms with Gasteiger partial charge in [-0.05, 0) is 17.7 Å². The second kappa shape index (κ2) is 6.08. The maximum absolute atomic E-state index is 4.86. The van der Waals surface area contributed by atoms with Gasteiger partial charge in [-0.2, -0.15) is 10.2 Å². The minimum Gasteiger partial charge on any atom is -0.350 e. The number of rotatable bonds is 3. The Bertz CT molecular complexity index is 1200. The van der Waals surface area contributed by atoms with E-state index in [4.69, 9.17) is 4.98 Å². The summed E-state index contributed by atoms with van der Waals surface area (Å²) in [5.74, 6) is 0. The summed E-state index contributed by atoms with van der Waals surface area (Å²) < 4.78 is 0. The maximum atomic E-state index is 4.86. The van der Waals surface area contributed by atoms with Crippen molar-refractivity contribution in [2.24, 2.45) is 10.2 Å². The standard InChI is InChI=1S/C22H16N4/c1-2-8-15(9-3-1)14-23-26-21-17-11-5-4-10-16(17)20-22(21)25-19-13-7-6-12-18(19)24-20/h1-13,25H,14H2. The minimum atomic E-state index is 0.558. The van der Waals surface area contributed by atoms with Crippen molar-refractivity contribution >= 4 is 27.5 Å². The number of nitrogens with zero attached hydrogens (tertiary/aromatic N) is 3. The molecular formula is C22H16N4. The number of H-pyrrole nitrogens is 1. The fourth-order valence-electron chi connectivity index (χ4n) is 3.32. The molecule has 0 unspecified atom stereocenters. The molecule has 1 heterocycles. The molecule has 0 amide bonds. The molecule has 1 aliphatic heterocycles. The molecule has 3 aromatic rings. The SMILES string of the molecule is c1ccc(CN=Nc2c3[nH]c4ccccc4nc-3c3ccccc23)cc1. The molecule has 0 saturated heterocycles. The van der Waals surface area contributed by atoms with Crippen LogP contribution >= 0.6 is 0 Å². The number of aromatic nitrogens is 2. The van der Waals surface area contributed by atoms with Gasteiger partial charge in [-0.1, -0.05) is 66.7 Å². The summed E-state index contributed by atoms with van der Waals surface area (Å²) >= 11 is 0. The predicted octanol–water partition coefficient (Wildman–Crippen LogP) is 6.10. The summed E-state index contributed by atoms with van der Waals surface area (Å²) in [6.45, 7) is 0.558. The molecule has 4 nitrogen and oxygen atoms in total. The van der Waals surface area contributed by atoms with Crippen molar-refractivity contribution in [3.63, 3.8) is 0 Å². The van der Waals surface area contributed by atoms with E-state index >= 15 is 0 Å². The van der Waals surface area contributed by atoms with E-state index in [0.29, 0.717) is 6.54 Å². The van der Waals surface area contributed by atoms with Gasteiger partial charge in [0.1, 0.15) is 5.69 Å². The molecule has 124 valence electrons. The second-order valence-electron chi connectivity index (χ2n) is 6.26. The molecule has 26 heavy (non-hydrogen) atoms. The molecule has 3 aromatic carbocycles. The summed E-state index contributed by atoms with van der Waals surface area (Å²) in [6, 6.07) is 26.4. The summed E-state index contributed by atoms with van der Waals surface area (Å²) in [4.78, 5) is 8.36. The summed E-state index contributed by atoms with van der Waals surface area (Å²) in [6.07, 6.45) is 0. The number of benzene rings is 3. The monoisotopic (exact) mass is 336 g/mol. The third-order valence-electron chi connectivity index (χ3n) is 4.57. The zero-order valence-electron chi connectivity index (χ0n) is 14.1. The highest BCUT2D eigenvalue weighted by molar-refractivity contribution is 6.11. The predicted molar refractivity (Wildman–Crippen MR) is 105 cm³/mol. The van der Waals surface area contributed by atoms with Gasteiger partial charge in [-0.3, -0.25) is 0 Å². The highest BCUT2D eigenvalue weighted by Crippen LogP contribution is 2.43. The van der Waals surface area contributed by atoms with Crippen LogP contribution in [0, 0.1) is 0 Å². The normalized spacial score (nSPS) is 11.8. The lowest BCUT2D eigenvalue weighted by atomic mass is 10.2. The number of hydrogen-bond acceptors (Lipinski definition) is 3. The summed E-state index contributed by atoms with van der Waals surface area (Å²) in [5.41, 5.74) is 5.81. The van der Waals surface area contributed by atoms with Crippen LogP contribution in [0.3, 0.4) is 0 Å². The van der Waals surface area contributed by atoms with Crippen molar-refractivity contribution in [3.05, 3.63) is 84.4 Å². The number of fused-ring (bicyclic) bond motifs is 4. The van der Waals surface area contributed by atoms with E-state index in [9.17, 15) is 0 Å². The Hall–Kier alpha value is -3.53.